The molecule has 2 N–H and O–H groups in total. The maximum Gasteiger partial charge on any atom is 0.522 e. The Balaban J connectivity index is 2.94. The van der Waals surface area contributed by atoms with Crippen molar-refractivity contribution in [3.05, 3.63) is 23.8 Å². The SMILES string of the molecule is Nc1cc(C(F)(F)F)ccc1S(=O)(=O)CCOC(F)(F)F. The molecule has 0 atom stereocenters. The summed E-state index contributed by atoms with van der Waals surface area (Å²) >= 11 is 0. The Morgan fingerprint density at radius 3 is 2.10 bits per heavy atom. The molecule has 0 fully saturated rings. The number of alkyl halides is 6. The predicted octanol–water partition coefficient (Wildman–Crippen LogP) is 2.60. The molecule has 0 amide bonds. The van der Waals surface area contributed by atoms with Crippen molar-refractivity contribution >= 4 is 15.5 Å². The number of hydrogen-bond donors (Lipinski definition) is 1. The van der Waals surface area contributed by atoms with Gasteiger partial charge < -0.3 is 5.73 Å². The van der Waals surface area contributed by atoms with Crippen LogP contribution in [-0.2, 0) is 20.8 Å². The fourth-order valence-electron chi connectivity index (χ4n) is 1.39. The van der Waals surface area contributed by atoms with Crippen LogP contribution in [0.15, 0.2) is 23.1 Å². The lowest BCUT2D eigenvalue weighted by atomic mass is 10.2. The minimum absolute atomic E-state index is 0.400. The summed E-state index contributed by atoms with van der Waals surface area (Å²) in [5, 5.41) is 0. The van der Waals surface area contributed by atoms with E-state index in [0.29, 0.717) is 18.2 Å². The quantitative estimate of drug-likeness (QED) is 0.677. The molecule has 1 aromatic rings. The third-order valence-corrected chi connectivity index (χ3v) is 4.04. The maximum atomic E-state index is 12.4. The first-order valence-electron chi connectivity index (χ1n) is 5.23. The van der Waals surface area contributed by atoms with E-state index < -0.39 is 50.9 Å². The molecule has 120 valence electrons. The number of sulfone groups is 1. The molecule has 0 radical (unpaired) electrons. The lowest BCUT2D eigenvalue weighted by molar-refractivity contribution is -0.322. The van der Waals surface area contributed by atoms with Crippen LogP contribution in [0.2, 0.25) is 0 Å². The highest BCUT2D eigenvalue weighted by Gasteiger charge is 2.33. The van der Waals surface area contributed by atoms with Crippen LogP contribution < -0.4 is 5.73 Å². The van der Waals surface area contributed by atoms with Crippen LogP contribution in [0.1, 0.15) is 5.56 Å². The summed E-state index contributed by atoms with van der Waals surface area (Å²) in [4.78, 5) is -0.679. The Morgan fingerprint density at radius 2 is 1.67 bits per heavy atom. The van der Waals surface area contributed by atoms with E-state index in [1.165, 1.54) is 0 Å². The van der Waals surface area contributed by atoms with Gasteiger partial charge in [0.2, 0.25) is 0 Å². The normalized spacial score (nSPS) is 13.4. The number of benzene rings is 1. The molecule has 0 heterocycles. The van der Waals surface area contributed by atoms with E-state index in [9.17, 15) is 34.8 Å². The fourth-order valence-corrected chi connectivity index (χ4v) is 2.60. The highest BCUT2D eigenvalue weighted by molar-refractivity contribution is 7.91. The second-order valence-electron chi connectivity index (χ2n) is 3.86. The Hall–Kier alpha value is -1.49. The van der Waals surface area contributed by atoms with Crippen LogP contribution in [-0.4, -0.2) is 27.1 Å². The Morgan fingerprint density at radius 1 is 1.10 bits per heavy atom. The van der Waals surface area contributed by atoms with Gasteiger partial charge in [-0.05, 0) is 18.2 Å². The molecule has 0 saturated carbocycles. The first-order chi connectivity index (χ1) is 9.33. The molecule has 0 aliphatic heterocycles. The van der Waals surface area contributed by atoms with Crippen molar-refractivity contribution in [3.63, 3.8) is 0 Å². The second kappa shape index (κ2) is 5.72. The lowest BCUT2D eigenvalue weighted by Crippen LogP contribution is -2.21. The molecule has 1 rings (SSSR count). The Bertz CT molecular complexity index is 608. The molecule has 21 heavy (non-hydrogen) atoms. The van der Waals surface area contributed by atoms with Crippen LogP contribution in [0.4, 0.5) is 32.0 Å². The number of halogens is 6. The number of anilines is 1. The summed E-state index contributed by atoms with van der Waals surface area (Å²) in [5.74, 6) is -1.07. The zero-order chi connectivity index (χ0) is 16.5. The average Bonchev–Trinajstić information content (AvgIpc) is 2.24. The molecular formula is C10H9F6NO3S. The molecule has 0 bridgehead atoms. The number of rotatable bonds is 4. The van der Waals surface area contributed by atoms with Crippen LogP contribution in [0.25, 0.3) is 0 Å². The van der Waals surface area contributed by atoms with Crippen LogP contribution in [0.5, 0.6) is 0 Å². The van der Waals surface area contributed by atoms with Crippen molar-refractivity contribution in [2.45, 2.75) is 17.4 Å². The summed E-state index contributed by atoms with van der Waals surface area (Å²) in [7, 11) is -4.29. The van der Waals surface area contributed by atoms with E-state index in [1.807, 2.05) is 0 Å². The van der Waals surface area contributed by atoms with E-state index >= 15 is 0 Å². The highest BCUT2D eigenvalue weighted by Crippen LogP contribution is 2.32. The largest absolute Gasteiger partial charge is 0.522 e. The van der Waals surface area contributed by atoms with Crippen molar-refractivity contribution < 1.29 is 39.5 Å². The van der Waals surface area contributed by atoms with Crippen molar-refractivity contribution in [1.29, 1.82) is 0 Å². The van der Waals surface area contributed by atoms with Gasteiger partial charge >= 0.3 is 12.5 Å². The topological polar surface area (TPSA) is 69.4 Å². The van der Waals surface area contributed by atoms with Gasteiger partial charge in [0, 0.05) is 0 Å². The van der Waals surface area contributed by atoms with E-state index in [0.717, 1.165) is 0 Å². The zero-order valence-corrected chi connectivity index (χ0v) is 10.9. The number of nitrogens with two attached hydrogens (primary N) is 1. The smallest absolute Gasteiger partial charge is 0.398 e. The first-order valence-corrected chi connectivity index (χ1v) is 6.88. The van der Waals surface area contributed by atoms with Crippen molar-refractivity contribution in [2.24, 2.45) is 0 Å². The minimum atomic E-state index is -5.00. The highest BCUT2D eigenvalue weighted by atomic mass is 32.2. The van der Waals surface area contributed by atoms with Crippen LogP contribution >= 0.6 is 0 Å². The van der Waals surface area contributed by atoms with Gasteiger partial charge in [0.1, 0.15) is 0 Å². The number of ether oxygens (including phenoxy) is 1. The van der Waals surface area contributed by atoms with Gasteiger partial charge in [0.05, 0.1) is 28.5 Å². The number of nitrogen functional groups attached to an aromatic ring is 1. The Kier molecular flexibility index (Phi) is 4.78. The molecule has 0 spiro atoms. The molecule has 0 aliphatic carbocycles. The van der Waals surface area contributed by atoms with Crippen LogP contribution in [0, 0.1) is 0 Å². The van der Waals surface area contributed by atoms with Gasteiger partial charge in [0.25, 0.3) is 0 Å². The molecule has 1 aromatic carbocycles. The number of hydrogen-bond acceptors (Lipinski definition) is 4. The second-order valence-corrected chi connectivity index (χ2v) is 5.94. The van der Waals surface area contributed by atoms with E-state index in [1.54, 1.807) is 0 Å². The summed E-state index contributed by atoms with van der Waals surface area (Å²) in [6.45, 7) is -1.19. The summed E-state index contributed by atoms with van der Waals surface area (Å²) < 4.78 is 99.0. The first kappa shape index (κ1) is 17.6. The van der Waals surface area contributed by atoms with Crippen LogP contribution in [0.3, 0.4) is 0 Å². The fraction of sp³-hybridized carbons (Fsp3) is 0.400. The minimum Gasteiger partial charge on any atom is -0.398 e. The molecule has 0 unspecified atom stereocenters. The molecule has 0 aliphatic rings. The van der Waals surface area contributed by atoms with Crippen molar-refractivity contribution in [3.8, 4) is 0 Å². The van der Waals surface area contributed by atoms with Gasteiger partial charge in [-0.25, -0.2) is 8.42 Å². The van der Waals surface area contributed by atoms with E-state index in [2.05, 4.69) is 4.74 Å². The van der Waals surface area contributed by atoms with Gasteiger partial charge in [-0.2, -0.15) is 13.2 Å². The summed E-state index contributed by atoms with van der Waals surface area (Å²) in [5.41, 5.74) is 3.36. The van der Waals surface area contributed by atoms with Crippen molar-refractivity contribution in [2.75, 3.05) is 18.1 Å². The van der Waals surface area contributed by atoms with Gasteiger partial charge in [-0.1, -0.05) is 0 Å². The standard InChI is InChI=1S/C10H9F6NO3S/c11-9(12,13)6-1-2-8(7(17)5-6)21(18,19)4-3-20-10(14,15)16/h1-2,5H,3-4,17H2. The predicted molar refractivity (Wildman–Crippen MR) is 59.9 cm³/mol. The maximum absolute atomic E-state index is 12.4. The molecule has 11 heteroatoms. The molecule has 0 saturated heterocycles. The molecule has 0 aromatic heterocycles. The summed E-state index contributed by atoms with van der Waals surface area (Å²) in [6.07, 6.45) is -9.71. The Labute approximate surface area is 115 Å². The van der Waals surface area contributed by atoms with Gasteiger partial charge in [-0.15, -0.1) is 13.2 Å². The monoisotopic (exact) mass is 337 g/mol. The van der Waals surface area contributed by atoms with E-state index in [-0.39, 0.29) is 0 Å². The van der Waals surface area contributed by atoms with Gasteiger partial charge in [-0.3, -0.25) is 4.74 Å². The summed E-state index contributed by atoms with van der Waals surface area (Å²) in [6, 6.07) is 1.48. The lowest BCUT2D eigenvalue weighted by Gasteiger charge is -2.12. The van der Waals surface area contributed by atoms with E-state index in [4.69, 9.17) is 5.73 Å². The molecule has 4 nitrogen and oxygen atoms in total. The van der Waals surface area contributed by atoms with Gasteiger partial charge in [0.15, 0.2) is 9.84 Å². The van der Waals surface area contributed by atoms with Crippen molar-refractivity contribution in [1.82, 2.24) is 0 Å². The third-order valence-electron chi connectivity index (χ3n) is 2.29. The third kappa shape index (κ3) is 5.08. The zero-order valence-electron chi connectivity index (χ0n) is 10.1. The average molecular weight is 337 g/mol. The molecular weight excluding hydrogens is 328 g/mol.